The van der Waals surface area contributed by atoms with Crippen LogP contribution in [0.5, 0.6) is 0 Å². The third-order valence-electron chi connectivity index (χ3n) is 6.02. The highest BCUT2D eigenvalue weighted by Gasteiger charge is 2.37. The van der Waals surface area contributed by atoms with Gasteiger partial charge in [-0.2, -0.15) is 0 Å². The molecule has 0 bridgehead atoms. The van der Waals surface area contributed by atoms with Crippen LogP contribution in [0.4, 0.5) is 4.79 Å². The molecule has 5 rings (SSSR count). The Kier molecular flexibility index (Phi) is 4.46. The molecule has 1 aliphatic rings. The zero-order valence-corrected chi connectivity index (χ0v) is 16.4. The number of benzene rings is 1. The monoisotopic (exact) mass is 388 g/mol. The van der Waals surface area contributed by atoms with Crippen LogP contribution in [-0.4, -0.2) is 38.5 Å². The molecule has 1 aliphatic heterocycles. The van der Waals surface area contributed by atoms with Crippen molar-refractivity contribution in [2.75, 3.05) is 13.1 Å². The van der Waals surface area contributed by atoms with Gasteiger partial charge in [-0.1, -0.05) is 43.7 Å². The number of carbonyl (C=O) groups is 1. The van der Waals surface area contributed by atoms with Gasteiger partial charge in [0.15, 0.2) is 0 Å². The van der Waals surface area contributed by atoms with Crippen LogP contribution in [0.3, 0.4) is 0 Å². The lowest BCUT2D eigenvalue weighted by Crippen LogP contribution is -2.29. The fourth-order valence-corrected chi connectivity index (χ4v) is 4.46. The van der Waals surface area contributed by atoms with E-state index >= 15 is 0 Å². The highest BCUT2D eigenvalue weighted by atomic mass is 16.6. The van der Waals surface area contributed by atoms with Crippen LogP contribution in [0.25, 0.3) is 16.7 Å². The second kappa shape index (κ2) is 7.28. The maximum absolute atomic E-state index is 12.7. The molecule has 1 aromatic carbocycles. The Morgan fingerprint density at radius 1 is 1.17 bits per heavy atom. The number of hydrogen-bond acceptors (Lipinski definition) is 3. The molecule has 2 atom stereocenters. The van der Waals surface area contributed by atoms with Crippen LogP contribution in [0.2, 0.25) is 0 Å². The highest BCUT2D eigenvalue weighted by molar-refractivity contribution is 5.79. The maximum Gasteiger partial charge on any atom is 0.410 e. The molecular formula is C23H24N4O2. The van der Waals surface area contributed by atoms with Crippen molar-refractivity contribution in [1.82, 2.24) is 19.3 Å². The number of nitrogens with zero attached hydrogens (tertiary/aromatic N) is 3. The molecule has 148 valence electrons. The summed E-state index contributed by atoms with van der Waals surface area (Å²) in [6.45, 7) is 3.86. The van der Waals surface area contributed by atoms with E-state index in [4.69, 9.17) is 4.74 Å². The van der Waals surface area contributed by atoms with Crippen LogP contribution >= 0.6 is 0 Å². The lowest BCUT2D eigenvalue weighted by Gasteiger charge is -2.17. The van der Waals surface area contributed by atoms with Crippen LogP contribution in [0.1, 0.15) is 30.5 Å². The molecule has 0 unspecified atom stereocenters. The molecule has 1 amide bonds. The minimum Gasteiger partial charge on any atom is -0.445 e. The molecule has 1 saturated heterocycles. The number of aromatic amines is 1. The summed E-state index contributed by atoms with van der Waals surface area (Å²) >= 11 is 0. The Morgan fingerprint density at radius 2 is 2.03 bits per heavy atom. The predicted molar refractivity (Wildman–Crippen MR) is 112 cm³/mol. The molecule has 0 radical (unpaired) electrons. The topological polar surface area (TPSA) is 62.6 Å². The molecule has 6 nitrogen and oxygen atoms in total. The number of hydrogen-bond donors (Lipinski definition) is 1. The number of fused-ring (bicyclic) bond motifs is 3. The van der Waals surface area contributed by atoms with Gasteiger partial charge in [0.1, 0.15) is 12.3 Å². The second-order valence-electron chi connectivity index (χ2n) is 7.71. The number of ether oxygens (including phenoxy) is 1. The van der Waals surface area contributed by atoms with Gasteiger partial charge in [0.25, 0.3) is 0 Å². The molecule has 4 aromatic rings. The summed E-state index contributed by atoms with van der Waals surface area (Å²) in [6.07, 6.45) is 4.68. The first-order valence-electron chi connectivity index (χ1n) is 10.1. The van der Waals surface area contributed by atoms with Crippen molar-refractivity contribution < 1.29 is 9.53 Å². The van der Waals surface area contributed by atoms with Crippen molar-refractivity contribution in [3.05, 3.63) is 72.2 Å². The number of rotatable bonds is 4. The predicted octanol–water partition coefficient (Wildman–Crippen LogP) is 4.58. The van der Waals surface area contributed by atoms with Crippen molar-refractivity contribution in [3.8, 4) is 0 Å². The molecule has 0 saturated carbocycles. The number of nitrogens with one attached hydrogen (secondary N) is 1. The van der Waals surface area contributed by atoms with E-state index in [1.165, 1.54) is 0 Å². The SMILES string of the molecule is CC[C@@H]1CN(C(=O)OCc2ccccc2)C[C@@H]1c1cnc2ccc3[nH]ccc3n12. The largest absolute Gasteiger partial charge is 0.445 e. The number of amides is 1. The quantitative estimate of drug-likeness (QED) is 0.557. The Labute approximate surface area is 169 Å². The molecule has 1 N–H and O–H groups in total. The van der Waals surface area contributed by atoms with E-state index in [0.717, 1.165) is 34.4 Å². The summed E-state index contributed by atoms with van der Waals surface area (Å²) in [5.41, 5.74) is 5.31. The number of aromatic nitrogens is 3. The minimum atomic E-state index is -0.240. The Bertz CT molecular complexity index is 1150. The Balaban J connectivity index is 1.39. The van der Waals surface area contributed by atoms with Gasteiger partial charge in [0.05, 0.1) is 11.0 Å². The Hall–Kier alpha value is -3.28. The van der Waals surface area contributed by atoms with Gasteiger partial charge in [-0.3, -0.25) is 4.40 Å². The van der Waals surface area contributed by atoms with E-state index in [9.17, 15) is 4.79 Å². The fourth-order valence-electron chi connectivity index (χ4n) is 4.46. The molecule has 29 heavy (non-hydrogen) atoms. The summed E-state index contributed by atoms with van der Waals surface area (Å²) < 4.78 is 7.80. The number of imidazole rings is 1. The number of likely N-dealkylation sites (tertiary alicyclic amines) is 1. The maximum atomic E-state index is 12.7. The van der Waals surface area contributed by atoms with Crippen molar-refractivity contribution in [2.45, 2.75) is 25.9 Å². The van der Waals surface area contributed by atoms with E-state index in [1.54, 1.807) is 0 Å². The zero-order chi connectivity index (χ0) is 19.8. The molecule has 6 heteroatoms. The summed E-state index contributed by atoms with van der Waals surface area (Å²) in [7, 11) is 0. The van der Waals surface area contributed by atoms with Crippen LogP contribution in [0.15, 0.2) is 60.9 Å². The second-order valence-corrected chi connectivity index (χ2v) is 7.71. The first-order chi connectivity index (χ1) is 14.2. The number of pyridine rings is 1. The lowest BCUT2D eigenvalue weighted by molar-refractivity contribution is 0.103. The van der Waals surface area contributed by atoms with Gasteiger partial charge in [-0.05, 0) is 29.7 Å². The van der Waals surface area contributed by atoms with Crippen molar-refractivity contribution in [1.29, 1.82) is 0 Å². The number of H-pyrrole nitrogens is 1. The molecule has 1 fully saturated rings. The summed E-state index contributed by atoms with van der Waals surface area (Å²) in [6, 6.07) is 16.0. The lowest BCUT2D eigenvalue weighted by atomic mass is 9.91. The van der Waals surface area contributed by atoms with Gasteiger partial charge in [0, 0.05) is 37.1 Å². The van der Waals surface area contributed by atoms with Gasteiger partial charge in [-0.25, -0.2) is 9.78 Å². The van der Waals surface area contributed by atoms with Crippen molar-refractivity contribution >= 4 is 22.8 Å². The standard InChI is InChI=1S/C23H24N4O2/c1-2-17-13-26(23(28)29-15-16-6-4-3-5-7-16)14-18(17)21-12-25-22-9-8-19-20(27(21)22)10-11-24-19/h3-12,17-18,24H,2,13-15H2,1H3/t17-,18+/m1/s1. The van der Waals surface area contributed by atoms with E-state index in [0.29, 0.717) is 25.6 Å². The summed E-state index contributed by atoms with van der Waals surface area (Å²) in [5.74, 6) is 0.619. The van der Waals surface area contributed by atoms with Gasteiger partial charge < -0.3 is 14.6 Å². The number of carbonyl (C=O) groups excluding carboxylic acids is 1. The van der Waals surface area contributed by atoms with Crippen molar-refractivity contribution in [2.24, 2.45) is 5.92 Å². The van der Waals surface area contributed by atoms with E-state index in [2.05, 4.69) is 33.4 Å². The van der Waals surface area contributed by atoms with E-state index in [-0.39, 0.29) is 12.0 Å². The first kappa shape index (κ1) is 17.8. The minimum absolute atomic E-state index is 0.236. The zero-order valence-electron chi connectivity index (χ0n) is 16.4. The average Bonchev–Trinajstić information content (AvgIpc) is 3.48. The van der Waals surface area contributed by atoms with Crippen LogP contribution in [-0.2, 0) is 11.3 Å². The van der Waals surface area contributed by atoms with Crippen LogP contribution < -0.4 is 0 Å². The summed E-state index contributed by atoms with van der Waals surface area (Å²) in [4.78, 5) is 22.4. The fraction of sp³-hybridized carbons (Fsp3) is 0.304. The van der Waals surface area contributed by atoms with Crippen LogP contribution in [0, 0.1) is 5.92 Å². The normalized spacial score (nSPS) is 19.3. The third-order valence-corrected chi connectivity index (χ3v) is 6.02. The molecular weight excluding hydrogens is 364 g/mol. The van der Waals surface area contributed by atoms with Gasteiger partial charge in [-0.15, -0.1) is 0 Å². The molecule has 0 aliphatic carbocycles. The average molecular weight is 388 g/mol. The highest BCUT2D eigenvalue weighted by Crippen LogP contribution is 2.36. The van der Waals surface area contributed by atoms with E-state index < -0.39 is 0 Å². The summed E-state index contributed by atoms with van der Waals surface area (Å²) in [5, 5.41) is 0. The smallest absolute Gasteiger partial charge is 0.410 e. The Morgan fingerprint density at radius 3 is 2.86 bits per heavy atom. The van der Waals surface area contributed by atoms with Gasteiger partial charge >= 0.3 is 6.09 Å². The van der Waals surface area contributed by atoms with E-state index in [1.807, 2.05) is 53.7 Å². The molecule has 3 aromatic heterocycles. The first-order valence-corrected chi connectivity index (χ1v) is 10.1. The molecule has 4 heterocycles. The van der Waals surface area contributed by atoms with Gasteiger partial charge in [0.2, 0.25) is 0 Å². The third kappa shape index (κ3) is 3.14. The van der Waals surface area contributed by atoms with Crippen molar-refractivity contribution in [3.63, 3.8) is 0 Å². The molecule has 0 spiro atoms.